The van der Waals surface area contributed by atoms with Gasteiger partial charge in [-0.15, -0.1) is 0 Å². The van der Waals surface area contributed by atoms with Gasteiger partial charge in [-0.25, -0.2) is 0 Å². The molecule has 0 aliphatic heterocycles. The lowest BCUT2D eigenvalue weighted by Gasteiger charge is -2.21. The summed E-state index contributed by atoms with van der Waals surface area (Å²) in [6.07, 6.45) is 1.25. The molecule has 0 atom stereocenters. The molecule has 0 saturated heterocycles. The van der Waals surface area contributed by atoms with Gasteiger partial charge < -0.3 is 0 Å². The van der Waals surface area contributed by atoms with Crippen LogP contribution in [0.4, 0.5) is 0 Å². The van der Waals surface area contributed by atoms with Gasteiger partial charge in [0.15, 0.2) is 0 Å². The molecule has 0 rings (SSSR count). The van der Waals surface area contributed by atoms with Crippen molar-refractivity contribution in [1.82, 2.24) is 0 Å². The largest absolute Gasteiger partial charge is 0.0648 e. The maximum atomic E-state index is 2.28. The smallest absolute Gasteiger partial charge is 0.0193 e. The van der Waals surface area contributed by atoms with Crippen LogP contribution in [-0.2, 0) is 0 Å². The van der Waals surface area contributed by atoms with Gasteiger partial charge in [-0.1, -0.05) is 34.6 Å². The molecule has 0 bridgehead atoms. The zero-order valence-electron chi connectivity index (χ0n) is 7.36. The molecule has 0 nitrogen and oxygen atoms in total. The summed E-state index contributed by atoms with van der Waals surface area (Å²) in [6, 6.07) is 0. The van der Waals surface area contributed by atoms with Gasteiger partial charge in [0.1, 0.15) is 0 Å². The summed E-state index contributed by atoms with van der Waals surface area (Å²) in [6.45, 7) is 11.4. The molecule has 0 amide bonds. The molecule has 0 fully saturated rings. The monoisotopic (exact) mass is 127 g/mol. The van der Waals surface area contributed by atoms with Crippen LogP contribution in [0.2, 0.25) is 0 Å². The summed E-state index contributed by atoms with van der Waals surface area (Å²) in [4.78, 5) is 0. The average Bonchev–Trinajstić information content (AvgIpc) is 1.64. The Hall–Kier alpha value is 0. The fourth-order valence-corrected chi connectivity index (χ4v) is 1.48. The van der Waals surface area contributed by atoms with Gasteiger partial charge in [-0.3, -0.25) is 0 Å². The van der Waals surface area contributed by atoms with E-state index in [4.69, 9.17) is 0 Å². The second-order valence-corrected chi connectivity index (χ2v) is 3.24. The Morgan fingerprint density at radius 2 is 1.33 bits per heavy atom. The second kappa shape index (κ2) is 3.92. The normalized spacial score (nSPS) is 12.0. The third-order valence-corrected chi connectivity index (χ3v) is 1.89. The molecule has 0 aromatic rings. The van der Waals surface area contributed by atoms with E-state index >= 15 is 0 Å². The van der Waals surface area contributed by atoms with E-state index in [-0.39, 0.29) is 0 Å². The fraction of sp³-hybridized carbons (Fsp3) is 0.889. The van der Waals surface area contributed by atoms with Gasteiger partial charge in [0.25, 0.3) is 0 Å². The molecule has 0 aliphatic rings. The minimum atomic E-state index is 0.773. The molecule has 0 spiro atoms. The Kier molecular flexibility index (Phi) is 3.92. The summed E-state index contributed by atoms with van der Waals surface area (Å²) in [7, 11) is 0. The van der Waals surface area contributed by atoms with Crippen molar-refractivity contribution in [3.05, 3.63) is 5.92 Å². The summed E-state index contributed by atoms with van der Waals surface area (Å²) < 4.78 is 0. The van der Waals surface area contributed by atoms with Crippen molar-refractivity contribution in [3.63, 3.8) is 0 Å². The molecule has 0 aromatic heterocycles. The van der Waals surface area contributed by atoms with E-state index in [2.05, 4.69) is 34.6 Å². The number of hydrogen-bond acceptors (Lipinski definition) is 0. The summed E-state index contributed by atoms with van der Waals surface area (Å²) in [5.74, 6) is 3.24. The first kappa shape index (κ1) is 9.00. The van der Waals surface area contributed by atoms with Crippen LogP contribution in [-0.4, -0.2) is 0 Å². The molecular formula is C9H19. The lowest BCUT2D eigenvalue weighted by atomic mass is 9.84. The molecule has 9 heavy (non-hydrogen) atoms. The summed E-state index contributed by atoms with van der Waals surface area (Å²) in [5.41, 5.74) is 0. The predicted molar refractivity (Wildman–Crippen MR) is 43.2 cm³/mol. The Balaban J connectivity index is 3.68. The highest BCUT2D eigenvalue weighted by molar-refractivity contribution is 4.94. The lowest BCUT2D eigenvalue weighted by molar-refractivity contribution is 0.489. The number of hydrogen-bond donors (Lipinski definition) is 0. The molecule has 0 saturated carbocycles. The van der Waals surface area contributed by atoms with E-state index in [0.29, 0.717) is 0 Å². The SMILES string of the molecule is CC[C](C(C)C)C(C)C. The van der Waals surface area contributed by atoms with Crippen LogP contribution in [0.3, 0.4) is 0 Å². The van der Waals surface area contributed by atoms with E-state index in [1.165, 1.54) is 6.42 Å². The zero-order chi connectivity index (χ0) is 7.44. The highest BCUT2D eigenvalue weighted by atomic mass is 14.2. The highest BCUT2D eigenvalue weighted by Gasteiger charge is 2.14. The molecule has 0 heteroatoms. The van der Waals surface area contributed by atoms with E-state index in [0.717, 1.165) is 11.8 Å². The summed E-state index contributed by atoms with van der Waals surface area (Å²) >= 11 is 0. The average molecular weight is 127 g/mol. The topological polar surface area (TPSA) is 0 Å². The lowest BCUT2D eigenvalue weighted by Crippen LogP contribution is -2.11. The first-order chi connectivity index (χ1) is 4.09. The standard InChI is InChI=1S/C9H19/c1-6-9(7(2)3)8(4)5/h7-8H,6H2,1-5H3. The molecule has 0 heterocycles. The van der Waals surface area contributed by atoms with Crippen LogP contribution in [0.15, 0.2) is 0 Å². The molecule has 0 aliphatic carbocycles. The molecule has 0 aromatic carbocycles. The van der Waals surface area contributed by atoms with Crippen molar-refractivity contribution >= 4 is 0 Å². The molecule has 1 radical (unpaired) electrons. The third kappa shape index (κ3) is 2.88. The van der Waals surface area contributed by atoms with E-state index < -0.39 is 0 Å². The van der Waals surface area contributed by atoms with Gasteiger partial charge in [-0.2, -0.15) is 0 Å². The first-order valence-electron chi connectivity index (χ1n) is 3.95. The Morgan fingerprint density at radius 3 is 1.33 bits per heavy atom. The van der Waals surface area contributed by atoms with Crippen molar-refractivity contribution < 1.29 is 0 Å². The molecule has 0 unspecified atom stereocenters. The van der Waals surface area contributed by atoms with Gasteiger partial charge >= 0.3 is 0 Å². The molecular weight excluding hydrogens is 108 g/mol. The quantitative estimate of drug-likeness (QED) is 0.545. The third-order valence-electron chi connectivity index (χ3n) is 1.89. The number of rotatable bonds is 3. The Bertz CT molecular complexity index is 54.4. The van der Waals surface area contributed by atoms with E-state index in [1.807, 2.05) is 0 Å². The maximum absolute atomic E-state index is 2.28. The van der Waals surface area contributed by atoms with Crippen molar-refractivity contribution in [1.29, 1.82) is 0 Å². The van der Waals surface area contributed by atoms with Crippen LogP contribution < -0.4 is 0 Å². The van der Waals surface area contributed by atoms with Gasteiger partial charge in [-0.05, 0) is 24.2 Å². The molecule has 55 valence electrons. The van der Waals surface area contributed by atoms with Crippen LogP contribution in [0.1, 0.15) is 41.0 Å². The van der Waals surface area contributed by atoms with Crippen molar-refractivity contribution in [3.8, 4) is 0 Å². The maximum Gasteiger partial charge on any atom is -0.0193 e. The minimum absolute atomic E-state index is 0.773. The van der Waals surface area contributed by atoms with Crippen molar-refractivity contribution in [2.75, 3.05) is 0 Å². The predicted octanol–water partition coefficient (Wildman–Crippen LogP) is 3.28. The molecule has 0 N–H and O–H groups in total. The Labute approximate surface area is 59.7 Å². The van der Waals surface area contributed by atoms with Crippen molar-refractivity contribution in [2.45, 2.75) is 41.0 Å². The van der Waals surface area contributed by atoms with Crippen LogP contribution in [0, 0.1) is 17.8 Å². The highest BCUT2D eigenvalue weighted by Crippen LogP contribution is 2.25. The minimum Gasteiger partial charge on any atom is -0.0648 e. The van der Waals surface area contributed by atoms with Crippen molar-refractivity contribution in [2.24, 2.45) is 11.8 Å². The summed E-state index contributed by atoms with van der Waals surface area (Å²) in [5, 5.41) is 0. The van der Waals surface area contributed by atoms with Crippen LogP contribution in [0.5, 0.6) is 0 Å². The van der Waals surface area contributed by atoms with E-state index in [9.17, 15) is 0 Å². The van der Waals surface area contributed by atoms with Gasteiger partial charge in [0.2, 0.25) is 0 Å². The van der Waals surface area contributed by atoms with Gasteiger partial charge in [0.05, 0.1) is 0 Å². The van der Waals surface area contributed by atoms with Crippen LogP contribution >= 0.6 is 0 Å². The van der Waals surface area contributed by atoms with Gasteiger partial charge in [0, 0.05) is 0 Å². The Morgan fingerprint density at radius 1 is 1.00 bits per heavy atom. The zero-order valence-corrected chi connectivity index (χ0v) is 7.36. The fourth-order valence-electron chi connectivity index (χ4n) is 1.48. The second-order valence-electron chi connectivity index (χ2n) is 3.24. The van der Waals surface area contributed by atoms with Crippen LogP contribution in [0.25, 0.3) is 0 Å². The van der Waals surface area contributed by atoms with E-state index in [1.54, 1.807) is 5.92 Å². The first-order valence-corrected chi connectivity index (χ1v) is 3.95.